The summed E-state index contributed by atoms with van der Waals surface area (Å²) in [6, 6.07) is 81.9. The van der Waals surface area contributed by atoms with E-state index in [1.54, 1.807) is 0 Å². The van der Waals surface area contributed by atoms with Crippen molar-refractivity contribution in [2.45, 2.75) is 0 Å². The highest BCUT2D eigenvalue weighted by molar-refractivity contribution is 6.21. The van der Waals surface area contributed by atoms with Crippen LogP contribution in [0.4, 0.5) is 17.1 Å². The fourth-order valence-electron chi connectivity index (χ4n) is 9.81. The summed E-state index contributed by atoms with van der Waals surface area (Å²) in [7, 11) is 0. The Hall–Kier alpha value is -8.60. The zero-order valence-corrected chi connectivity index (χ0v) is 34.7. The number of fused-ring (bicyclic) bond motifs is 10. The van der Waals surface area contributed by atoms with Crippen molar-refractivity contribution in [3.05, 3.63) is 231 Å². The fourth-order valence-corrected chi connectivity index (χ4v) is 9.81. The van der Waals surface area contributed by atoms with Gasteiger partial charge < -0.3 is 18.3 Å². The number of furan rings is 2. The van der Waals surface area contributed by atoms with Crippen molar-refractivity contribution in [2.24, 2.45) is 0 Å². The van der Waals surface area contributed by atoms with E-state index in [0.29, 0.717) is 0 Å². The van der Waals surface area contributed by atoms with Gasteiger partial charge in [-0.2, -0.15) is 0 Å². The molecule has 13 aromatic rings. The molecule has 0 radical (unpaired) electrons. The number of aromatic nitrogens is 1. The van der Waals surface area contributed by atoms with E-state index in [1.165, 1.54) is 21.9 Å². The van der Waals surface area contributed by atoms with E-state index >= 15 is 0 Å². The maximum absolute atomic E-state index is 6.80. The van der Waals surface area contributed by atoms with Crippen LogP contribution in [0.1, 0.15) is 0 Å². The van der Waals surface area contributed by atoms with Gasteiger partial charge >= 0.3 is 0 Å². The Kier molecular flexibility index (Phi) is 8.18. The van der Waals surface area contributed by atoms with E-state index < -0.39 is 0 Å². The second-order valence-electron chi connectivity index (χ2n) is 16.4. The van der Waals surface area contributed by atoms with Gasteiger partial charge in [0.05, 0.1) is 11.0 Å². The quantitative estimate of drug-likeness (QED) is 0.161. The van der Waals surface area contributed by atoms with Crippen molar-refractivity contribution in [1.82, 2.24) is 4.57 Å². The van der Waals surface area contributed by atoms with Crippen molar-refractivity contribution in [2.75, 3.05) is 4.90 Å². The maximum Gasteiger partial charge on any atom is 0.160 e. The second kappa shape index (κ2) is 14.5. The molecule has 10 aromatic carbocycles. The van der Waals surface area contributed by atoms with Crippen molar-refractivity contribution >= 4 is 82.7 Å². The van der Waals surface area contributed by atoms with E-state index in [-0.39, 0.29) is 0 Å². The van der Waals surface area contributed by atoms with Crippen LogP contribution >= 0.6 is 0 Å². The third kappa shape index (κ3) is 5.70. The molecular formula is C60H38N2O2. The molecule has 0 amide bonds. The molecule has 0 aliphatic heterocycles. The van der Waals surface area contributed by atoms with Gasteiger partial charge in [-0.3, -0.25) is 0 Å². The number of hydrogen-bond acceptors (Lipinski definition) is 3. The van der Waals surface area contributed by atoms with Gasteiger partial charge in [0.25, 0.3) is 0 Å². The predicted molar refractivity (Wildman–Crippen MR) is 266 cm³/mol. The Bertz CT molecular complexity index is 3860. The molecule has 4 heteroatoms. The lowest BCUT2D eigenvalue weighted by molar-refractivity contribution is 0.670. The molecule has 0 bridgehead atoms. The normalized spacial score (nSPS) is 11.8. The summed E-state index contributed by atoms with van der Waals surface area (Å²) in [4.78, 5) is 2.33. The van der Waals surface area contributed by atoms with Gasteiger partial charge in [0.2, 0.25) is 0 Å². The number of rotatable bonds is 7. The molecule has 300 valence electrons. The van der Waals surface area contributed by atoms with Crippen LogP contribution in [0.5, 0.6) is 0 Å². The molecular weight excluding hydrogens is 781 g/mol. The topological polar surface area (TPSA) is 34.5 Å². The van der Waals surface area contributed by atoms with E-state index in [2.05, 4.69) is 228 Å². The standard InChI is InChI=1S/C60H38N2O2/c1-3-13-39(14-4-1)40-25-29-43(30-26-40)61(44-31-27-42(28-32-44)48-20-12-22-53-52-21-11-19-47(58(52)64-59(48)53)41-15-5-2-6-16-41)45-33-35-46(36-34-45)62-55-23-9-7-17-49(55)51-37-38-54-50-18-8-10-24-56(50)63-60(54)57(51)62/h1-38H. The minimum absolute atomic E-state index is 0.891. The van der Waals surface area contributed by atoms with Gasteiger partial charge in [-0.25, -0.2) is 0 Å². The fraction of sp³-hybridized carbons (Fsp3) is 0. The summed E-state index contributed by atoms with van der Waals surface area (Å²) >= 11 is 0. The first-order chi connectivity index (χ1) is 31.7. The van der Waals surface area contributed by atoms with E-state index in [9.17, 15) is 0 Å². The minimum Gasteiger partial charge on any atom is -0.455 e. The van der Waals surface area contributed by atoms with Crippen LogP contribution in [0, 0.1) is 0 Å². The van der Waals surface area contributed by atoms with Crippen molar-refractivity contribution in [3.8, 4) is 39.1 Å². The second-order valence-corrected chi connectivity index (χ2v) is 16.4. The van der Waals surface area contributed by atoms with Crippen LogP contribution in [0.3, 0.4) is 0 Å². The summed E-state index contributed by atoms with van der Waals surface area (Å²) < 4.78 is 15.8. The third-order valence-corrected chi connectivity index (χ3v) is 12.8. The largest absolute Gasteiger partial charge is 0.455 e. The molecule has 0 aliphatic carbocycles. The van der Waals surface area contributed by atoms with Crippen LogP contribution < -0.4 is 4.90 Å². The molecule has 0 unspecified atom stereocenters. The summed E-state index contributed by atoms with van der Waals surface area (Å²) in [5.41, 5.74) is 16.8. The molecule has 3 aromatic heterocycles. The van der Waals surface area contributed by atoms with Crippen LogP contribution in [-0.2, 0) is 0 Å². The third-order valence-electron chi connectivity index (χ3n) is 12.8. The van der Waals surface area contributed by atoms with Gasteiger partial charge in [0.1, 0.15) is 16.7 Å². The van der Waals surface area contributed by atoms with Gasteiger partial charge in [0.15, 0.2) is 5.58 Å². The average Bonchev–Trinajstić information content (AvgIpc) is 4.05. The Balaban J connectivity index is 0.931. The van der Waals surface area contributed by atoms with Gasteiger partial charge in [-0.15, -0.1) is 0 Å². The molecule has 0 aliphatic rings. The molecule has 13 rings (SSSR count). The monoisotopic (exact) mass is 818 g/mol. The number of anilines is 3. The number of para-hydroxylation sites is 4. The molecule has 0 saturated carbocycles. The minimum atomic E-state index is 0.891. The van der Waals surface area contributed by atoms with Crippen LogP contribution in [-0.4, -0.2) is 4.57 Å². The first kappa shape index (κ1) is 36.1. The summed E-state index contributed by atoms with van der Waals surface area (Å²) in [6.45, 7) is 0. The number of benzene rings is 10. The van der Waals surface area contributed by atoms with E-state index in [1.807, 2.05) is 12.1 Å². The molecule has 4 nitrogen and oxygen atoms in total. The molecule has 64 heavy (non-hydrogen) atoms. The highest BCUT2D eigenvalue weighted by Gasteiger charge is 2.21. The van der Waals surface area contributed by atoms with E-state index in [0.717, 1.165) is 99.9 Å². The summed E-state index contributed by atoms with van der Waals surface area (Å²) in [6.07, 6.45) is 0. The van der Waals surface area contributed by atoms with Gasteiger partial charge in [0, 0.05) is 66.2 Å². The summed E-state index contributed by atoms with van der Waals surface area (Å²) in [5, 5.41) is 6.83. The van der Waals surface area contributed by atoms with Crippen molar-refractivity contribution in [1.29, 1.82) is 0 Å². The Morgan fingerprint density at radius 1 is 0.297 bits per heavy atom. The van der Waals surface area contributed by atoms with E-state index in [4.69, 9.17) is 8.83 Å². The first-order valence-electron chi connectivity index (χ1n) is 21.7. The molecule has 0 atom stereocenters. The smallest absolute Gasteiger partial charge is 0.160 e. The maximum atomic E-state index is 6.80. The molecule has 0 N–H and O–H groups in total. The number of nitrogens with zero attached hydrogens (tertiary/aromatic N) is 2. The lowest BCUT2D eigenvalue weighted by atomic mass is 10.00. The molecule has 0 fully saturated rings. The zero-order chi connectivity index (χ0) is 42.1. The average molecular weight is 819 g/mol. The lowest BCUT2D eigenvalue weighted by Crippen LogP contribution is -2.10. The van der Waals surface area contributed by atoms with Crippen LogP contribution in [0.2, 0.25) is 0 Å². The SMILES string of the molecule is c1ccc(-c2ccc(N(c3ccc(-c4cccc5c4oc4c(-c6ccccc6)cccc45)cc3)c3ccc(-n4c5ccccc5c5ccc6c7ccccc7oc6c54)cc3)cc2)cc1. The Morgan fingerprint density at radius 2 is 0.766 bits per heavy atom. The van der Waals surface area contributed by atoms with Crippen LogP contribution in [0.15, 0.2) is 239 Å². The number of hydrogen-bond donors (Lipinski definition) is 0. The molecule has 0 spiro atoms. The highest BCUT2D eigenvalue weighted by Crippen LogP contribution is 2.44. The Morgan fingerprint density at radius 3 is 1.42 bits per heavy atom. The summed E-state index contributed by atoms with van der Waals surface area (Å²) in [5.74, 6) is 0. The Labute approximate surface area is 369 Å². The van der Waals surface area contributed by atoms with Crippen LogP contribution in [0.25, 0.3) is 105 Å². The molecule has 0 saturated heterocycles. The van der Waals surface area contributed by atoms with Crippen molar-refractivity contribution in [3.63, 3.8) is 0 Å². The van der Waals surface area contributed by atoms with Gasteiger partial charge in [-0.05, 0) is 89.0 Å². The zero-order valence-electron chi connectivity index (χ0n) is 34.7. The first-order valence-corrected chi connectivity index (χ1v) is 21.7. The van der Waals surface area contributed by atoms with Gasteiger partial charge in [-0.1, -0.05) is 164 Å². The van der Waals surface area contributed by atoms with Crippen molar-refractivity contribution < 1.29 is 8.83 Å². The highest BCUT2D eigenvalue weighted by atomic mass is 16.3. The molecule has 3 heterocycles. The lowest BCUT2D eigenvalue weighted by Gasteiger charge is -2.26. The predicted octanol–water partition coefficient (Wildman–Crippen LogP) is 17.1.